The van der Waals surface area contributed by atoms with Crippen LogP contribution in [0.2, 0.25) is 0 Å². The second kappa shape index (κ2) is 8.46. The van der Waals surface area contributed by atoms with Gasteiger partial charge in [-0.05, 0) is 84.5 Å². The molecule has 2 N–H and O–H groups in total. The van der Waals surface area contributed by atoms with Crippen LogP contribution >= 0.6 is 15.9 Å². The van der Waals surface area contributed by atoms with Gasteiger partial charge in [0.2, 0.25) is 0 Å². The normalized spacial score (nSPS) is 12.3. The van der Waals surface area contributed by atoms with E-state index in [4.69, 9.17) is 9.97 Å². The third kappa shape index (κ3) is 4.16. The molecule has 0 unspecified atom stereocenters. The standard InChI is InChI=1S/C26H17BrN4.Zn/c27-17-3-1-16(2-4-17)25-14-24-13-22-8-7-20(29-22)11-18-5-6-19(28-18)12-21-9-10-23(30-21)15-26(25)31-24;/h1-15,29-30H;. The maximum atomic E-state index is 4.92. The first-order valence-electron chi connectivity index (χ1n) is 10.0. The number of rotatable bonds is 1. The minimum absolute atomic E-state index is 0. The summed E-state index contributed by atoms with van der Waals surface area (Å²) in [6.45, 7) is 0. The van der Waals surface area contributed by atoms with E-state index in [1.54, 1.807) is 0 Å². The number of benzene rings is 1. The smallest absolute Gasteiger partial charge is 0.0736 e. The van der Waals surface area contributed by atoms with Crippen LogP contribution in [0.4, 0.5) is 0 Å². The van der Waals surface area contributed by atoms with Crippen LogP contribution in [0.1, 0.15) is 28.3 Å². The van der Waals surface area contributed by atoms with Crippen LogP contribution in [-0.4, -0.2) is 19.9 Å². The molecule has 150 valence electrons. The topological polar surface area (TPSA) is 57.4 Å². The molecule has 0 radical (unpaired) electrons. The minimum Gasteiger partial charge on any atom is -0.355 e. The van der Waals surface area contributed by atoms with Crippen molar-refractivity contribution < 1.29 is 19.5 Å². The van der Waals surface area contributed by atoms with Gasteiger partial charge in [-0.1, -0.05) is 28.1 Å². The van der Waals surface area contributed by atoms with E-state index in [1.165, 1.54) is 0 Å². The van der Waals surface area contributed by atoms with Crippen molar-refractivity contribution in [3.05, 3.63) is 106 Å². The molecule has 1 aromatic carbocycles. The Morgan fingerprint density at radius 1 is 0.594 bits per heavy atom. The molecular weight excluding hydrogens is 514 g/mol. The average Bonchev–Trinajstić information content (AvgIpc) is 3.54. The van der Waals surface area contributed by atoms with Crippen molar-refractivity contribution in [1.82, 2.24) is 19.9 Å². The van der Waals surface area contributed by atoms with E-state index in [-0.39, 0.29) is 19.5 Å². The number of fused-ring (bicyclic) bond motifs is 8. The zero-order valence-corrected chi connectivity index (χ0v) is 21.7. The second-order valence-corrected chi connectivity index (χ2v) is 8.51. The summed E-state index contributed by atoms with van der Waals surface area (Å²) in [6.07, 6.45) is 6.19. The van der Waals surface area contributed by atoms with Crippen molar-refractivity contribution in [3.63, 3.8) is 0 Å². The monoisotopic (exact) mass is 528 g/mol. The minimum atomic E-state index is 0. The molecule has 6 rings (SSSR count). The van der Waals surface area contributed by atoms with Gasteiger partial charge in [-0.25, -0.2) is 9.97 Å². The quantitative estimate of drug-likeness (QED) is 0.229. The molecule has 0 fully saturated rings. The van der Waals surface area contributed by atoms with Gasteiger partial charge in [0.15, 0.2) is 0 Å². The van der Waals surface area contributed by atoms with Crippen molar-refractivity contribution in [2.75, 3.05) is 0 Å². The maximum absolute atomic E-state index is 4.92. The zero-order valence-electron chi connectivity index (χ0n) is 17.1. The largest absolute Gasteiger partial charge is 0.355 e. The van der Waals surface area contributed by atoms with Crippen LogP contribution < -0.4 is 0 Å². The first-order chi connectivity index (χ1) is 15.2. The molecule has 0 spiro atoms. The van der Waals surface area contributed by atoms with E-state index in [1.807, 2.05) is 24.3 Å². The van der Waals surface area contributed by atoms with Gasteiger partial charge >= 0.3 is 0 Å². The molecule has 0 saturated carbocycles. The van der Waals surface area contributed by atoms with Crippen LogP contribution in [-0.2, 0) is 19.5 Å². The van der Waals surface area contributed by atoms with Crippen molar-refractivity contribution in [2.24, 2.45) is 0 Å². The number of nitrogens with zero attached hydrogens (tertiary/aromatic N) is 2. The molecule has 0 amide bonds. The van der Waals surface area contributed by atoms with Crippen molar-refractivity contribution in [2.45, 2.75) is 0 Å². The molecule has 32 heavy (non-hydrogen) atoms. The molecule has 0 aliphatic carbocycles. The van der Waals surface area contributed by atoms with Crippen LogP contribution in [0, 0.1) is 0 Å². The molecule has 0 atom stereocenters. The predicted octanol–water partition coefficient (Wildman–Crippen LogP) is 6.83. The molecule has 8 bridgehead atoms. The number of hydrogen-bond donors (Lipinski definition) is 2. The Kier molecular flexibility index (Phi) is 5.50. The Morgan fingerprint density at radius 2 is 1.12 bits per heavy atom. The average molecular weight is 531 g/mol. The molecule has 2 aliphatic rings. The Bertz CT molecular complexity index is 1540. The molecule has 6 heteroatoms. The van der Waals surface area contributed by atoms with Gasteiger partial charge in [0.05, 0.1) is 22.8 Å². The summed E-state index contributed by atoms with van der Waals surface area (Å²) in [7, 11) is 0. The number of hydrogen-bond acceptors (Lipinski definition) is 2. The van der Waals surface area contributed by atoms with E-state index in [2.05, 4.69) is 92.6 Å². The summed E-state index contributed by atoms with van der Waals surface area (Å²) < 4.78 is 1.06. The van der Waals surface area contributed by atoms with Crippen molar-refractivity contribution in [3.8, 4) is 0 Å². The number of nitrogens with one attached hydrogen (secondary N) is 2. The fourth-order valence-corrected chi connectivity index (χ4v) is 4.14. The molecule has 5 heterocycles. The third-order valence-corrected chi connectivity index (χ3v) is 5.85. The summed E-state index contributed by atoms with van der Waals surface area (Å²) in [4.78, 5) is 16.5. The van der Waals surface area contributed by atoms with Crippen LogP contribution in [0.5, 0.6) is 0 Å². The second-order valence-electron chi connectivity index (χ2n) is 7.60. The van der Waals surface area contributed by atoms with Crippen LogP contribution in [0.15, 0.2) is 77.3 Å². The molecular formula is C26H17BrN4Zn. The molecule has 3 aromatic heterocycles. The van der Waals surface area contributed by atoms with Gasteiger partial charge < -0.3 is 9.97 Å². The van der Waals surface area contributed by atoms with Crippen LogP contribution in [0.3, 0.4) is 0 Å². The summed E-state index contributed by atoms with van der Waals surface area (Å²) >= 11 is 3.52. The predicted molar refractivity (Wildman–Crippen MR) is 131 cm³/mol. The van der Waals surface area contributed by atoms with Gasteiger partial charge in [0.25, 0.3) is 0 Å². The Hall–Kier alpha value is -3.08. The van der Waals surface area contributed by atoms with Gasteiger partial charge in [0, 0.05) is 51.6 Å². The Morgan fingerprint density at radius 3 is 1.72 bits per heavy atom. The molecule has 0 saturated heterocycles. The van der Waals surface area contributed by atoms with Crippen molar-refractivity contribution in [1.29, 1.82) is 0 Å². The fourth-order valence-electron chi connectivity index (χ4n) is 3.87. The number of H-pyrrole nitrogens is 2. The summed E-state index contributed by atoms with van der Waals surface area (Å²) in [5, 5.41) is 0. The van der Waals surface area contributed by atoms with E-state index in [0.717, 1.165) is 60.5 Å². The van der Waals surface area contributed by atoms with E-state index >= 15 is 0 Å². The molecule has 2 aliphatic heterocycles. The third-order valence-electron chi connectivity index (χ3n) is 5.32. The molecule has 4 nitrogen and oxygen atoms in total. The fraction of sp³-hybridized carbons (Fsp3) is 0. The van der Waals surface area contributed by atoms with E-state index < -0.39 is 0 Å². The Balaban J connectivity index is 0.00000216. The number of halogens is 1. The van der Waals surface area contributed by atoms with Gasteiger partial charge in [0.1, 0.15) is 0 Å². The first-order valence-corrected chi connectivity index (χ1v) is 10.8. The van der Waals surface area contributed by atoms with Gasteiger partial charge in [-0.3, -0.25) is 0 Å². The Labute approximate surface area is 206 Å². The summed E-state index contributed by atoms with van der Waals surface area (Å²) in [5.74, 6) is 0. The van der Waals surface area contributed by atoms with Gasteiger partial charge in [-0.2, -0.15) is 0 Å². The molecule has 4 aromatic rings. The summed E-state index contributed by atoms with van der Waals surface area (Å²) in [5.41, 5.74) is 9.95. The first kappa shape index (κ1) is 20.8. The number of aromatic amines is 2. The van der Waals surface area contributed by atoms with Crippen molar-refractivity contribution >= 4 is 61.8 Å². The van der Waals surface area contributed by atoms with E-state index in [0.29, 0.717) is 0 Å². The van der Waals surface area contributed by atoms with E-state index in [9.17, 15) is 0 Å². The number of aromatic nitrogens is 4. The summed E-state index contributed by atoms with van der Waals surface area (Å²) in [6, 6.07) is 24.8. The SMILES string of the molecule is Brc1ccc(C2=Cc3cc4ccc(cc5nc(cc6ccc(cc2n3)[nH]6)C=C5)[nH]4)cc1.[Zn]. The van der Waals surface area contributed by atoms with Crippen LogP contribution in [0.25, 0.3) is 45.9 Å². The maximum Gasteiger partial charge on any atom is 0.0736 e. The zero-order chi connectivity index (χ0) is 20.8. The van der Waals surface area contributed by atoms with Gasteiger partial charge in [-0.15, -0.1) is 0 Å².